The van der Waals surface area contributed by atoms with Crippen LogP contribution in [0.3, 0.4) is 0 Å². The first-order valence-corrected chi connectivity index (χ1v) is 12.2. The first-order valence-electron chi connectivity index (χ1n) is 11.9. The fraction of sp³-hybridized carbons (Fsp3) is 0.241. The molecule has 0 radical (unpaired) electrons. The normalized spacial score (nSPS) is 14.4. The minimum atomic E-state index is -0.588. The van der Waals surface area contributed by atoms with Gasteiger partial charge in [-0.15, -0.1) is 0 Å². The number of fused-ring (bicyclic) bond motifs is 1. The summed E-state index contributed by atoms with van der Waals surface area (Å²) in [5.74, 6) is 1.36. The highest BCUT2D eigenvalue weighted by Crippen LogP contribution is 2.44. The van der Waals surface area contributed by atoms with Crippen LogP contribution >= 0.6 is 11.6 Å². The van der Waals surface area contributed by atoms with Crippen molar-refractivity contribution in [2.45, 2.75) is 26.2 Å². The molecule has 0 aromatic heterocycles. The largest absolute Gasteiger partial charge is 0.494 e. The molecular formula is C29H27ClN2O5. The van der Waals surface area contributed by atoms with Crippen LogP contribution in [0, 0.1) is 17.2 Å². The highest BCUT2D eigenvalue weighted by Gasteiger charge is 2.31. The molecule has 1 atom stereocenters. The molecule has 1 aliphatic heterocycles. The van der Waals surface area contributed by atoms with Gasteiger partial charge in [0, 0.05) is 16.7 Å². The SMILES string of the molecule is CC(C)CCOc1cccc(C2C(C#N)=C(N)Oc3cc(OC(=O)COc4ccc(Cl)cc4)ccc32)c1. The quantitative estimate of drug-likeness (QED) is 0.275. The van der Waals surface area contributed by atoms with Crippen LogP contribution in [0.15, 0.2) is 78.2 Å². The van der Waals surface area contributed by atoms with Crippen LogP contribution in [0.5, 0.6) is 23.0 Å². The lowest BCUT2D eigenvalue weighted by Gasteiger charge is -2.27. The van der Waals surface area contributed by atoms with E-state index in [1.807, 2.05) is 24.3 Å². The summed E-state index contributed by atoms with van der Waals surface area (Å²) in [7, 11) is 0. The predicted octanol–water partition coefficient (Wildman–Crippen LogP) is 5.97. The van der Waals surface area contributed by atoms with Gasteiger partial charge < -0.3 is 24.7 Å². The molecule has 0 saturated carbocycles. The minimum Gasteiger partial charge on any atom is -0.494 e. The standard InChI is InChI=1S/C29H27ClN2O5/c1-18(2)12-13-34-22-5-3-4-19(14-22)28-24-11-10-23(15-26(24)37-29(32)25(28)16-31)36-27(33)17-35-21-8-6-20(30)7-9-21/h3-11,14-15,18,28H,12-13,17,32H2,1-2H3. The van der Waals surface area contributed by atoms with Gasteiger partial charge in [-0.3, -0.25) is 0 Å². The molecule has 1 aliphatic rings. The maximum Gasteiger partial charge on any atom is 0.349 e. The molecule has 7 nitrogen and oxygen atoms in total. The summed E-state index contributed by atoms with van der Waals surface area (Å²) in [6, 6.07) is 21.4. The average molecular weight is 519 g/mol. The second kappa shape index (κ2) is 11.7. The summed E-state index contributed by atoms with van der Waals surface area (Å²) in [6.07, 6.45) is 0.937. The molecule has 0 bridgehead atoms. The number of halogens is 1. The van der Waals surface area contributed by atoms with E-state index in [1.54, 1.807) is 42.5 Å². The number of allylic oxidation sites excluding steroid dienone is 1. The Morgan fingerprint density at radius 3 is 2.54 bits per heavy atom. The summed E-state index contributed by atoms with van der Waals surface area (Å²) in [6.45, 7) is 4.60. The minimum absolute atomic E-state index is 0.000627. The third-order valence-electron chi connectivity index (χ3n) is 5.75. The zero-order chi connectivity index (χ0) is 26.4. The van der Waals surface area contributed by atoms with Gasteiger partial charge >= 0.3 is 5.97 Å². The summed E-state index contributed by atoms with van der Waals surface area (Å²) < 4.78 is 22.5. The van der Waals surface area contributed by atoms with Crippen molar-refractivity contribution in [3.63, 3.8) is 0 Å². The van der Waals surface area contributed by atoms with E-state index in [9.17, 15) is 10.1 Å². The average Bonchev–Trinajstić information content (AvgIpc) is 2.87. The smallest absolute Gasteiger partial charge is 0.349 e. The Balaban J connectivity index is 1.52. The van der Waals surface area contributed by atoms with Crippen molar-refractivity contribution < 1.29 is 23.7 Å². The van der Waals surface area contributed by atoms with E-state index in [1.165, 1.54) is 0 Å². The van der Waals surface area contributed by atoms with Crippen LogP contribution in [0.1, 0.15) is 37.3 Å². The zero-order valence-electron chi connectivity index (χ0n) is 20.6. The Kier molecular flexibility index (Phi) is 8.22. The lowest BCUT2D eigenvalue weighted by molar-refractivity contribution is -0.136. The molecule has 3 aromatic carbocycles. The molecule has 0 spiro atoms. The topological polar surface area (TPSA) is 104 Å². The van der Waals surface area contributed by atoms with Gasteiger partial charge in [0.1, 0.15) is 34.6 Å². The van der Waals surface area contributed by atoms with Crippen LogP contribution in [0.25, 0.3) is 0 Å². The zero-order valence-corrected chi connectivity index (χ0v) is 21.3. The van der Waals surface area contributed by atoms with Crippen LogP contribution < -0.4 is 24.7 Å². The molecule has 37 heavy (non-hydrogen) atoms. The van der Waals surface area contributed by atoms with Crippen molar-refractivity contribution in [1.82, 2.24) is 0 Å². The fourth-order valence-corrected chi connectivity index (χ4v) is 4.00. The van der Waals surface area contributed by atoms with Gasteiger partial charge in [0.05, 0.1) is 12.5 Å². The number of esters is 1. The van der Waals surface area contributed by atoms with E-state index < -0.39 is 11.9 Å². The van der Waals surface area contributed by atoms with Gasteiger partial charge in [0.15, 0.2) is 6.61 Å². The van der Waals surface area contributed by atoms with Crippen molar-refractivity contribution in [2.24, 2.45) is 11.7 Å². The third-order valence-corrected chi connectivity index (χ3v) is 6.00. The van der Waals surface area contributed by atoms with Gasteiger partial charge in [-0.2, -0.15) is 5.26 Å². The van der Waals surface area contributed by atoms with Crippen LogP contribution in [0.4, 0.5) is 0 Å². The summed E-state index contributed by atoms with van der Waals surface area (Å²) in [5.41, 5.74) is 7.99. The van der Waals surface area contributed by atoms with Crippen LogP contribution in [-0.4, -0.2) is 19.2 Å². The summed E-state index contributed by atoms with van der Waals surface area (Å²) in [5, 5.41) is 10.4. The number of hydrogen-bond donors (Lipinski definition) is 1. The number of nitriles is 1. The lowest BCUT2D eigenvalue weighted by atomic mass is 9.83. The molecule has 2 N–H and O–H groups in total. The highest BCUT2D eigenvalue weighted by molar-refractivity contribution is 6.30. The van der Waals surface area contributed by atoms with Gasteiger partial charge in [-0.25, -0.2) is 4.79 Å². The second-order valence-corrected chi connectivity index (χ2v) is 9.38. The number of nitrogens with zero attached hydrogens (tertiary/aromatic N) is 1. The summed E-state index contributed by atoms with van der Waals surface area (Å²) >= 11 is 5.86. The number of carbonyl (C=O) groups excluding carboxylic acids is 1. The number of ether oxygens (including phenoxy) is 4. The van der Waals surface area contributed by atoms with E-state index in [2.05, 4.69) is 19.9 Å². The van der Waals surface area contributed by atoms with Gasteiger partial charge in [0.25, 0.3) is 0 Å². The molecule has 1 unspecified atom stereocenters. The molecule has 8 heteroatoms. The first-order chi connectivity index (χ1) is 17.8. The molecule has 4 rings (SSSR count). The van der Waals surface area contributed by atoms with E-state index in [0.717, 1.165) is 17.5 Å². The Morgan fingerprint density at radius 2 is 1.81 bits per heavy atom. The summed E-state index contributed by atoms with van der Waals surface area (Å²) in [4.78, 5) is 12.3. The van der Waals surface area contributed by atoms with Gasteiger partial charge in [-0.05, 0) is 60.4 Å². The van der Waals surface area contributed by atoms with E-state index in [0.29, 0.717) is 40.4 Å². The molecule has 0 aliphatic carbocycles. The maximum atomic E-state index is 12.3. The lowest BCUT2D eigenvalue weighted by Crippen LogP contribution is -2.21. The van der Waals surface area contributed by atoms with E-state index in [-0.39, 0.29) is 18.2 Å². The monoisotopic (exact) mass is 518 g/mol. The fourth-order valence-electron chi connectivity index (χ4n) is 3.87. The number of nitrogens with two attached hydrogens (primary N) is 1. The Hall–Kier alpha value is -4.15. The molecule has 0 saturated heterocycles. The van der Waals surface area contributed by atoms with Crippen molar-refractivity contribution in [3.8, 4) is 29.1 Å². The van der Waals surface area contributed by atoms with E-state index >= 15 is 0 Å². The molecular weight excluding hydrogens is 492 g/mol. The van der Waals surface area contributed by atoms with Crippen LogP contribution in [-0.2, 0) is 4.79 Å². The van der Waals surface area contributed by atoms with Crippen molar-refractivity contribution >= 4 is 17.6 Å². The van der Waals surface area contributed by atoms with Crippen molar-refractivity contribution in [1.29, 1.82) is 5.26 Å². The Labute approximate surface area is 221 Å². The second-order valence-electron chi connectivity index (χ2n) is 8.94. The number of benzene rings is 3. The molecule has 1 heterocycles. The third kappa shape index (κ3) is 6.54. The highest BCUT2D eigenvalue weighted by atomic mass is 35.5. The Morgan fingerprint density at radius 1 is 1.05 bits per heavy atom. The van der Waals surface area contributed by atoms with Gasteiger partial charge in [0.2, 0.25) is 5.88 Å². The molecule has 190 valence electrons. The number of rotatable bonds is 9. The predicted molar refractivity (Wildman–Crippen MR) is 140 cm³/mol. The molecule has 3 aromatic rings. The number of carbonyl (C=O) groups is 1. The van der Waals surface area contributed by atoms with Crippen molar-refractivity contribution in [2.75, 3.05) is 13.2 Å². The first kappa shape index (κ1) is 25.9. The maximum absolute atomic E-state index is 12.3. The number of hydrogen-bond acceptors (Lipinski definition) is 7. The van der Waals surface area contributed by atoms with E-state index in [4.69, 9.17) is 36.3 Å². The molecule has 0 fully saturated rings. The molecule has 0 amide bonds. The van der Waals surface area contributed by atoms with Crippen molar-refractivity contribution in [3.05, 3.63) is 94.3 Å². The van der Waals surface area contributed by atoms with Gasteiger partial charge in [-0.1, -0.05) is 43.6 Å². The van der Waals surface area contributed by atoms with Crippen LogP contribution in [0.2, 0.25) is 5.02 Å². The Bertz CT molecular complexity index is 1350.